The summed E-state index contributed by atoms with van der Waals surface area (Å²) in [6.07, 6.45) is 10.9. The fraction of sp³-hybridized carbons (Fsp3) is 0.321. The van der Waals surface area contributed by atoms with Gasteiger partial charge < -0.3 is 10.1 Å². The Morgan fingerprint density at radius 1 is 0.941 bits per heavy atom. The molecule has 1 heterocycles. The van der Waals surface area contributed by atoms with Crippen molar-refractivity contribution in [2.45, 2.75) is 40.7 Å². The lowest BCUT2D eigenvalue weighted by Crippen LogP contribution is -2.20. The van der Waals surface area contributed by atoms with Crippen molar-refractivity contribution in [3.05, 3.63) is 108 Å². The van der Waals surface area contributed by atoms with Gasteiger partial charge >= 0.3 is 0 Å². The second kappa shape index (κ2) is 15.7. The zero-order valence-electron chi connectivity index (χ0n) is 18.1. The molecule has 0 saturated carbocycles. The van der Waals surface area contributed by atoms with E-state index in [0.717, 1.165) is 47.5 Å². The normalized spacial score (nSPS) is 12.5. The Bertz CT molecular complexity index is 964. The maximum Gasteiger partial charge on any atom is 0.123 e. The molecule has 0 atom stereocenters. The van der Waals surface area contributed by atoms with Crippen LogP contribution in [-0.2, 0) is 17.8 Å². The third kappa shape index (κ3) is 10.2. The predicted octanol–water partition coefficient (Wildman–Crippen LogP) is 6.49. The highest BCUT2D eigenvalue weighted by atomic mass is 19.1. The highest BCUT2D eigenvalue weighted by Crippen LogP contribution is 2.14. The molecule has 0 bridgehead atoms. The number of nitrogens with one attached hydrogen (secondary N) is 2. The summed E-state index contributed by atoms with van der Waals surface area (Å²) in [5.41, 5.74) is 4.69. The van der Waals surface area contributed by atoms with Gasteiger partial charge in [0.1, 0.15) is 11.6 Å². The molecule has 2 N–H and O–H groups in total. The third-order valence-electron chi connectivity index (χ3n) is 5.01. The van der Waals surface area contributed by atoms with Crippen molar-refractivity contribution in [2.24, 2.45) is 0 Å². The fourth-order valence-electron chi connectivity index (χ4n) is 3.16. The Labute approximate surface area is 203 Å². The van der Waals surface area contributed by atoms with Gasteiger partial charge in [-0.1, -0.05) is 51.8 Å². The van der Waals surface area contributed by atoms with Gasteiger partial charge in [-0.2, -0.15) is 0 Å². The van der Waals surface area contributed by atoms with Gasteiger partial charge in [-0.25, -0.2) is 8.78 Å². The Kier molecular flexibility index (Phi) is 13.4. The molecule has 0 spiro atoms. The van der Waals surface area contributed by atoms with Gasteiger partial charge in [0.05, 0.1) is 24.7 Å². The van der Waals surface area contributed by atoms with Crippen LogP contribution in [0.15, 0.2) is 84.9 Å². The monoisotopic (exact) mass is 469 g/mol. The van der Waals surface area contributed by atoms with Gasteiger partial charge in [0, 0.05) is 19.3 Å². The first-order valence-electron chi connectivity index (χ1n) is 10.7. The number of allylic oxidation sites excluding steroid dienone is 5. The van der Waals surface area contributed by atoms with Crippen LogP contribution in [0, 0.1) is 5.82 Å². The zero-order chi connectivity index (χ0) is 22.6. The first kappa shape index (κ1) is 28.9. The molecule has 0 radical (unpaired) electrons. The molecule has 1 aromatic heterocycles. The highest BCUT2D eigenvalue weighted by Gasteiger charge is 2.03. The molecule has 4 nitrogen and oxygen atoms in total. The topological polar surface area (TPSA) is 46.2 Å². The van der Waals surface area contributed by atoms with E-state index in [1.165, 1.54) is 18.2 Å². The lowest BCUT2D eigenvalue weighted by atomic mass is 10.1. The first-order valence-corrected chi connectivity index (χ1v) is 10.7. The van der Waals surface area contributed by atoms with Crippen molar-refractivity contribution < 1.29 is 13.5 Å². The summed E-state index contributed by atoms with van der Waals surface area (Å²) in [6, 6.07) is 10.4. The lowest BCUT2D eigenvalue weighted by Gasteiger charge is -2.10. The van der Waals surface area contributed by atoms with Crippen LogP contribution in [0.5, 0.6) is 0 Å². The average Bonchev–Trinajstić information content (AvgIpc) is 3.01. The summed E-state index contributed by atoms with van der Waals surface area (Å²) < 4.78 is 31.7. The molecule has 0 saturated heterocycles. The molecule has 1 aliphatic rings. The Balaban J connectivity index is 0.00000289. The standard InChI is InChI=1S/C26H29F2N3O.2CH4/c1-20(30-16-14-21-3-2-4-24(27)9-5-21)26-12-8-23(17-31-26)18-32-19-29-15-13-22-6-10-25(28)11-7-22;;/h3-12,17,29-30H,1-2,13-16,18-19H2;2*1H4. The minimum Gasteiger partial charge on any atom is -0.383 e. The molecular weight excluding hydrogens is 432 g/mol. The molecule has 34 heavy (non-hydrogen) atoms. The van der Waals surface area contributed by atoms with Crippen molar-refractivity contribution in [2.75, 3.05) is 19.8 Å². The van der Waals surface area contributed by atoms with Crippen LogP contribution in [0.3, 0.4) is 0 Å². The van der Waals surface area contributed by atoms with E-state index in [9.17, 15) is 8.78 Å². The summed E-state index contributed by atoms with van der Waals surface area (Å²) in [7, 11) is 0. The number of rotatable bonds is 12. The molecule has 1 aliphatic carbocycles. The third-order valence-corrected chi connectivity index (χ3v) is 5.01. The zero-order valence-corrected chi connectivity index (χ0v) is 18.1. The minimum absolute atomic E-state index is 0. The number of benzene rings is 1. The number of hydrogen-bond acceptors (Lipinski definition) is 4. The minimum atomic E-state index is -0.218. The predicted molar refractivity (Wildman–Crippen MR) is 138 cm³/mol. The second-order valence-electron chi connectivity index (χ2n) is 7.51. The van der Waals surface area contributed by atoms with E-state index in [1.54, 1.807) is 24.4 Å². The van der Waals surface area contributed by atoms with Crippen molar-refractivity contribution in [3.63, 3.8) is 0 Å². The van der Waals surface area contributed by atoms with Crippen LogP contribution >= 0.6 is 0 Å². The molecule has 6 heteroatoms. The number of aromatic nitrogens is 1. The smallest absolute Gasteiger partial charge is 0.123 e. The van der Waals surface area contributed by atoms with Gasteiger partial charge in [0.2, 0.25) is 0 Å². The summed E-state index contributed by atoms with van der Waals surface area (Å²) in [4.78, 5) is 4.45. The maximum absolute atomic E-state index is 13.2. The second-order valence-corrected chi connectivity index (χ2v) is 7.51. The summed E-state index contributed by atoms with van der Waals surface area (Å²) in [6.45, 7) is 6.40. The highest BCUT2D eigenvalue weighted by molar-refractivity contribution is 5.58. The van der Waals surface area contributed by atoms with E-state index < -0.39 is 0 Å². The number of ether oxygens (including phenoxy) is 1. The Hall–Kier alpha value is -3.09. The van der Waals surface area contributed by atoms with Crippen LogP contribution < -0.4 is 10.6 Å². The van der Waals surface area contributed by atoms with Crippen LogP contribution in [0.4, 0.5) is 8.78 Å². The molecular formula is C28H37F2N3O. The summed E-state index contributed by atoms with van der Waals surface area (Å²) >= 11 is 0. The van der Waals surface area contributed by atoms with Crippen molar-refractivity contribution in [1.29, 1.82) is 0 Å². The van der Waals surface area contributed by atoms with E-state index in [4.69, 9.17) is 4.74 Å². The van der Waals surface area contributed by atoms with Crippen molar-refractivity contribution in [3.8, 4) is 0 Å². The lowest BCUT2D eigenvalue weighted by molar-refractivity contribution is 0.104. The van der Waals surface area contributed by atoms with Crippen LogP contribution in [-0.4, -0.2) is 24.8 Å². The number of halogens is 2. The molecule has 0 amide bonds. The summed E-state index contributed by atoms with van der Waals surface area (Å²) in [5.74, 6) is -0.410. The SMILES string of the molecule is C.C.C=C(NCCC1=CCC=C(F)C=C1)c1ccc(COCNCCc2ccc(F)cc2)cn1. The molecule has 1 aromatic carbocycles. The Morgan fingerprint density at radius 2 is 1.71 bits per heavy atom. The van der Waals surface area contributed by atoms with E-state index in [-0.39, 0.29) is 26.5 Å². The fourth-order valence-corrected chi connectivity index (χ4v) is 3.16. The number of nitrogens with zero attached hydrogens (tertiary/aromatic N) is 1. The molecule has 0 aliphatic heterocycles. The van der Waals surface area contributed by atoms with Gasteiger partial charge in [0.25, 0.3) is 0 Å². The molecule has 2 aromatic rings. The van der Waals surface area contributed by atoms with Gasteiger partial charge in [0.15, 0.2) is 0 Å². The van der Waals surface area contributed by atoms with Gasteiger partial charge in [-0.05, 0) is 66.3 Å². The van der Waals surface area contributed by atoms with E-state index in [0.29, 0.717) is 26.3 Å². The molecule has 3 rings (SSSR count). The van der Waals surface area contributed by atoms with Crippen LogP contribution in [0.1, 0.15) is 44.5 Å². The quantitative estimate of drug-likeness (QED) is 0.276. The van der Waals surface area contributed by atoms with Gasteiger partial charge in [-0.15, -0.1) is 0 Å². The maximum atomic E-state index is 13.2. The summed E-state index contributed by atoms with van der Waals surface area (Å²) in [5, 5.41) is 6.49. The molecule has 184 valence electrons. The first-order chi connectivity index (χ1) is 15.6. The van der Waals surface area contributed by atoms with Crippen molar-refractivity contribution in [1.82, 2.24) is 15.6 Å². The number of hydrogen-bond donors (Lipinski definition) is 2. The molecule has 0 unspecified atom stereocenters. The van der Waals surface area contributed by atoms with Gasteiger partial charge in [-0.3, -0.25) is 10.3 Å². The Morgan fingerprint density at radius 3 is 2.44 bits per heavy atom. The average molecular weight is 470 g/mol. The van der Waals surface area contributed by atoms with E-state index in [1.807, 2.05) is 24.3 Å². The van der Waals surface area contributed by atoms with Crippen LogP contribution in [0.2, 0.25) is 0 Å². The number of pyridine rings is 1. The van der Waals surface area contributed by atoms with Crippen LogP contribution in [0.25, 0.3) is 5.70 Å². The largest absolute Gasteiger partial charge is 0.383 e. The van der Waals surface area contributed by atoms with E-state index in [2.05, 4.69) is 22.2 Å². The van der Waals surface area contributed by atoms with Crippen molar-refractivity contribution >= 4 is 5.70 Å². The molecule has 0 fully saturated rings. The van der Waals surface area contributed by atoms with E-state index >= 15 is 0 Å².